The molecule has 0 saturated carbocycles. The molecule has 6 heteroatoms. The summed E-state index contributed by atoms with van der Waals surface area (Å²) in [6.07, 6.45) is 2.60. The van der Waals surface area contributed by atoms with Crippen molar-refractivity contribution in [2.75, 3.05) is 5.32 Å². The van der Waals surface area contributed by atoms with Crippen molar-refractivity contribution in [3.8, 4) is 6.07 Å². The second-order valence-corrected chi connectivity index (χ2v) is 7.39. The molecule has 0 aliphatic rings. The van der Waals surface area contributed by atoms with E-state index in [1.54, 1.807) is 6.20 Å². The summed E-state index contributed by atoms with van der Waals surface area (Å²) in [6, 6.07) is 10.1. The first kappa shape index (κ1) is 16.5. The Bertz CT molecular complexity index is 680. The van der Waals surface area contributed by atoms with E-state index in [9.17, 15) is 5.26 Å². The fourth-order valence-corrected chi connectivity index (χ4v) is 3.99. The van der Waals surface area contributed by atoms with Crippen molar-refractivity contribution in [1.82, 2.24) is 9.97 Å². The van der Waals surface area contributed by atoms with Gasteiger partial charge in [0.25, 0.3) is 0 Å². The van der Waals surface area contributed by atoms with E-state index in [1.807, 2.05) is 31.2 Å². The van der Waals surface area contributed by atoms with Crippen LogP contribution < -0.4 is 15.5 Å². The molecule has 1 unspecified atom stereocenters. The van der Waals surface area contributed by atoms with Gasteiger partial charge in [-0.25, -0.2) is 0 Å². The third-order valence-corrected chi connectivity index (χ3v) is 5.73. The van der Waals surface area contributed by atoms with Crippen LogP contribution in [0.15, 0.2) is 30.5 Å². The van der Waals surface area contributed by atoms with Gasteiger partial charge in [0.15, 0.2) is 0 Å². The maximum absolute atomic E-state index is 9.24. The molecule has 0 amide bonds. The molecule has 5 nitrogen and oxygen atoms in total. The minimum absolute atomic E-state index is 0.0888. The first-order chi connectivity index (χ1) is 10.6. The van der Waals surface area contributed by atoms with Crippen LogP contribution in [-0.4, -0.2) is 31.8 Å². The van der Waals surface area contributed by atoms with E-state index in [0.29, 0.717) is 5.56 Å². The van der Waals surface area contributed by atoms with Gasteiger partial charge in [-0.15, -0.1) is 0 Å². The van der Waals surface area contributed by atoms with Crippen LogP contribution >= 0.6 is 0 Å². The average Bonchev–Trinajstić information content (AvgIpc) is 2.53. The van der Waals surface area contributed by atoms with Gasteiger partial charge in [0.1, 0.15) is 0 Å². The molecule has 0 aliphatic carbocycles. The molecular formula is C16H19AsN5. The number of anilines is 2. The molecular weight excluding hydrogens is 337 g/mol. The predicted octanol–water partition coefficient (Wildman–Crippen LogP) is 1.89. The molecule has 0 aliphatic heterocycles. The fraction of sp³-hybridized carbons (Fsp3) is 0.312. The van der Waals surface area contributed by atoms with Gasteiger partial charge in [0.05, 0.1) is 0 Å². The molecule has 2 rings (SSSR count). The van der Waals surface area contributed by atoms with Crippen LogP contribution in [0.4, 0.5) is 11.5 Å². The number of nitrogens with zero attached hydrogens (tertiary/aromatic N) is 3. The molecule has 0 bridgehead atoms. The van der Waals surface area contributed by atoms with Crippen LogP contribution in [-0.2, 0) is 0 Å². The summed E-state index contributed by atoms with van der Waals surface area (Å²) < 4.78 is 1.02. The van der Waals surface area contributed by atoms with Crippen LogP contribution in [0, 0.1) is 18.3 Å². The monoisotopic (exact) mass is 356 g/mol. The van der Waals surface area contributed by atoms with Gasteiger partial charge in [-0.05, 0) is 0 Å². The summed E-state index contributed by atoms with van der Waals surface area (Å²) in [6.45, 7) is 4.03. The molecule has 0 spiro atoms. The first-order valence-electron chi connectivity index (χ1n) is 7.16. The Kier molecular flexibility index (Phi) is 5.94. The van der Waals surface area contributed by atoms with Gasteiger partial charge in [-0.3, -0.25) is 0 Å². The predicted molar refractivity (Wildman–Crippen MR) is 89.7 cm³/mol. The van der Waals surface area contributed by atoms with Gasteiger partial charge in [0, 0.05) is 0 Å². The number of hydrogen-bond acceptors (Lipinski definition) is 5. The second kappa shape index (κ2) is 7.93. The molecule has 0 fully saturated rings. The Morgan fingerprint density at radius 2 is 2.27 bits per heavy atom. The second-order valence-electron chi connectivity index (χ2n) is 5.00. The number of nitrogens with two attached hydrogens (primary N) is 1. The van der Waals surface area contributed by atoms with Crippen LogP contribution in [0.3, 0.4) is 0 Å². The maximum atomic E-state index is 9.24. The van der Waals surface area contributed by atoms with Crippen molar-refractivity contribution < 1.29 is 0 Å². The topological polar surface area (TPSA) is 87.6 Å². The van der Waals surface area contributed by atoms with Gasteiger partial charge in [0.2, 0.25) is 0 Å². The van der Waals surface area contributed by atoms with Gasteiger partial charge in [-0.1, -0.05) is 0 Å². The molecule has 2 aromatic rings. The number of pyridine rings is 2. The molecule has 0 saturated heterocycles. The van der Waals surface area contributed by atoms with E-state index < -0.39 is 0 Å². The van der Waals surface area contributed by atoms with E-state index in [-0.39, 0.29) is 21.8 Å². The van der Waals surface area contributed by atoms with Crippen molar-refractivity contribution in [1.29, 1.82) is 5.26 Å². The normalized spacial score (nSPS) is 12.3. The van der Waals surface area contributed by atoms with Crippen molar-refractivity contribution in [3.63, 3.8) is 0 Å². The Balaban J connectivity index is 2.19. The summed E-state index contributed by atoms with van der Waals surface area (Å²) in [7, 11) is 0. The number of rotatable bonds is 6. The zero-order valence-corrected chi connectivity index (χ0v) is 14.6. The molecule has 2 aromatic heterocycles. The van der Waals surface area contributed by atoms with E-state index in [2.05, 4.69) is 28.3 Å². The quantitative estimate of drug-likeness (QED) is 0.772. The summed E-state index contributed by atoms with van der Waals surface area (Å²) in [5, 5.41) is 13.4. The molecule has 3 N–H and O–H groups in total. The van der Waals surface area contributed by atoms with Crippen molar-refractivity contribution in [2.24, 2.45) is 5.73 Å². The Hall–Kier alpha value is -1.89. The third-order valence-electron chi connectivity index (χ3n) is 3.17. The van der Waals surface area contributed by atoms with Crippen LogP contribution in [0.25, 0.3) is 0 Å². The number of hydrogen-bond donors (Lipinski definition) is 2. The van der Waals surface area contributed by atoms with Gasteiger partial charge < -0.3 is 0 Å². The van der Waals surface area contributed by atoms with Gasteiger partial charge in [-0.2, -0.15) is 0 Å². The Morgan fingerprint density at radius 3 is 2.95 bits per heavy atom. The third kappa shape index (κ3) is 4.56. The first-order valence-corrected chi connectivity index (χ1v) is 9.42. The Labute approximate surface area is 137 Å². The van der Waals surface area contributed by atoms with Crippen molar-refractivity contribution in [3.05, 3.63) is 41.7 Å². The van der Waals surface area contributed by atoms with Gasteiger partial charge >= 0.3 is 137 Å². The summed E-state index contributed by atoms with van der Waals surface area (Å²) >= 11 is -0.0888. The number of aromatic nitrogens is 2. The summed E-state index contributed by atoms with van der Waals surface area (Å²) in [5.41, 5.74) is 8.18. The van der Waals surface area contributed by atoms with Crippen molar-refractivity contribution in [2.45, 2.75) is 31.5 Å². The molecule has 2 heterocycles. The molecule has 1 atom stereocenters. The average molecular weight is 356 g/mol. The summed E-state index contributed by atoms with van der Waals surface area (Å²) in [5.74, 6) is 0.732. The van der Waals surface area contributed by atoms with E-state index >= 15 is 0 Å². The standard InChI is InChI=1S/C16H19AsN5/c1-3-13(19)8-17-15-7-14(12(9-18)10-20-15)22-16-6-4-5-11(2)21-16/h4-7,10,13H,3,8,19H2,1-2H3,(H,20,21,22). The molecule has 0 aromatic carbocycles. The number of nitriles is 1. The fourth-order valence-electron chi connectivity index (χ4n) is 1.81. The van der Waals surface area contributed by atoms with Crippen LogP contribution in [0.5, 0.6) is 0 Å². The summed E-state index contributed by atoms with van der Waals surface area (Å²) in [4.78, 5) is 8.79. The van der Waals surface area contributed by atoms with E-state index in [0.717, 1.165) is 33.3 Å². The van der Waals surface area contributed by atoms with Crippen molar-refractivity contribution >= 4 is 31.7 Å². The van der Waals surface area contributed by atoms with E-state index in [1.165, 1.54) is 0 Å². The van der Waals surface area contributed by atoms with Crippen LogP contribution in [0.1, 0.15) is 24.6 Å². The van der Waals surface area contributed by atoms with E-state index in [4.69, 9.17) is 5.73 Å². The zero-order valence-electron chi connectivity index (χ0n) is 12.7. The number of nitrogens with one attached hydrogen (secondary N) is 1. The molecule has 22 heavy (non-hydrogen) atoms. The SMILES string of the molecule is CCC(N)C[As]c1cc(Nc2cccc(C)n2)c(C#N)cn1. The Morgan fingerprint density at radius 1 is 1.45 bits per heavy atom. The zero-order chi connectivity index (χ0) is 15.9. The number of aryl methyl sites for hydroxylation is 1. The minimum atomic E-state index is -0.0888. The molecule has 113 valence electrons. The molecule has 1 radical (unpaired) electrons. The van der Waals surface area contributed by atoms with Crippen LogP contribution in [0.2, 0.25) is 5.21 Å².